The molecule has 0 aliphatic heterocycles. The van der Waals surface area contributed by atoms with Gasteiger partial charge in [0.1, 0.15) is 22.3 Å². The van der Waals surface area contributed by atoms with E-state index in [0.29, 0.717) is 0 Å². The van der Waals surface area contributed by atoms with E-state index in [-0.39, 0.29) is 0 Å². The van der Waals surface area contributed by atoms with Crippen molar-refractivity contribution in [1.82, 2.24) is 0 Å². The topological polar surface area (TPSA) is 26.3 Å². The van der Waals surface area contributed by atoms with Crippen molar-refractivity contribution >= 4 is 97.7 Å². The summed E-state index contributed by atoms with van der Waals surface area (Å²) in [6.07, 6.45) is 0. The van der Waals surface area contributed by atoms with Crippen molar-refractivity contribution in [3.05, 3.63) is 158 Å². The van der Waals surface area contributed by atoms with Crippen LogP contribution in [0.4, 0.5) is 0 Å². The first-order valence-corrected chi connectivity index (χ1v) is 17.2. The number of hydrogen-bond donors (Lipinski definition) is 0. The average molecular weight is 635 g/mol. The number of fused-ring (bicyclic) bond motifs is 9. The van der Waals surface area contributed by atoms with Gasteiger partial charge in [0.05, 0.1) is 0 Å². The van der Waals surface area contributed by atoms with Crippen LogP contribution < -0.4 is 0 Å². The molecule has 0 saturated heterocycles. The SMILES string of the molecule is c1ccc2cc3c(cc2c1)oc1c(-c2cccc4c2oc2ccc5ccccc5c24)ccc(-c2ccc4ccc5cccc6ccc2c4c56)c13. The largest absolute Gasteiger partial charge is 0.455 e. The summed E-state index contributed by atoms with van der Waals surface area (Å²) in [6, 6.07) is 57.1. The van der Waals surface area contributed by atoms with Crippen LogP contribution >= 0.6 is 0 Å². The highest BCUT2D eigenvalue weighted by Gasteiger charge is 2.23. The van der Waals surface area contributed by atoms with E-state index in [4.69, 9.17) is 8.83 Å². The van der Waals surface area contributed by atoms with Crippen LogP contribution in [0, 0.1) is 0 Å². The van der Waals surface area contributed by atoms with Crippen molar-refractivity contribution in [2.45, 2.75) is 0 Å². The molecule has 0 aliphatic carbocycles. The van der Waals surface area contributed by atoms with Gasteiger partial charge >= 0.3 is 0 Å². The molecule has 2 heterocycles. The summed E-state index contributed by atoms with van der Waals surface area (Å²) in [7, 11) is 0. The van der Waals surface area contributed by atoms with Crippen LogP contribution in [0.15, 0.2) is 167 Å². The molecule has 0 amide bonds. The third-order valence-corrected chi connectivity index (χ3v) is 11.0. The maximum Gasteiger partial charge on any atom is 0.144 e. The fourth-order valence-electron chi connectivity index (χ4n) is 8.75. The van der Waals surface area contributed by atoms with E-state index in [1.54, 1.807) is 0 Å². The van der Waals surface area contributed by atoms with E-state index in [9.17, 15) is 0 Å². The summed E-state index contributed by atoms with van der Waals surface area (Å²) in [5.74, 6) is 0. The molecular weight excluding hydrogens is 609 g/mol. The van der Waals surface area contributed by atoms with Crippen molar-refractivity contribution in [3.63, 3.8) is 0 Å². The molecule has 12 rings (SSSR count). The van der Waals surface area contributed by atoms with Crippen LogP contribution in [-0.4, -0.2) is 0 Å². The normalized spacial score (nSPS) is 12.4. The number of furan rings is 2. The highest BCUT2D eigenvalue weighted by Crippen LogP contribution is 2.48. The van der Waals surface area contributed by atoms with Crippen molar-refractivity contribution in [2.75, 3.05) is 0 Å². The van der Waals surface area contributed by atoms with E-state index in [0.717, 1.165) is 60.4 Å². The molecule has 230 valence electrons. The van der Waals surface area contributed by atoms with Gasteiger partial charge in [-0.05, 0) is 89.3 Å². The Balaban J connectivity index is 1.21. The van der Waals surface area contributed by atoms with Crippen LogP contribution in [0.2, 0.25) is 0 Å². The summed E-state index contributed by atoms with van der Waals surface area (Å²) in [4.78, 5) is 0. The summed E-state index contributed by atoms with van der Waals surface area (Å²) < 4.78 is 13.7. The third kappa shape index (κ3) is 3.42. The van der Waals surface area contributed by atoms with Crippen LogP contribution in [0.3, 0.4) is 0 Å². The van der Waals surface area contributed by atoms with Crippen LogP contribution in [0.5, 0.6) is 0 Å². The van der Waals surface area contributed by atoms with Crippen LogP contribution in [-0.2, 0) is 0 Å². The Morgan fingerprint density at radius 1 is 0.260 bits per heavy atom. The Bertz CT molecular complexity index is 3360. The lowest BCUT2D eigenvalue weighted by Gasteiger charge is -2.15. The Morgan fingerprint density at radius 3 is 1.74 bits per heavy atom. The molecule has 12 aromatic rings. The number of hydrogen-bond acceptors (Lipinski definition) is 2. The standard InChI is InChI=1S/C48H26O2/c1-2-9-32-26-42-40(25-31(32)8-1)46-36(34-20-17-30-16-15-28-10-5-11-29-18-21-35(34)44(30)43(28)29)22-23-38(48(46)50-42)37-13-6-14-39-45-33-12-4-3-7-27(33)19-24-41(45)49-47(37)39/h1-26H. The van der Waals surface area contributed by atoms with Gasteiger partial charge in [-0.25, -0.2) is 0 Å². The van der Waals surface area contributed by atoms with E-state index in [2.05, 4.69) is 158 Å². The molecule has 0 N–H and O–H groups in total. The smallest absolute Gasteiger partial charge is 0.144 e. The minimum atomic E-state index is 0.872. The lowest BCUT2D eigenvalue weighted by Crippen LogP contribution is -1.89. The van der Waals surface area contributed by atoms with E-state index >= 15 is 0 Å². The molecule has 50 heavy (non-hydrogen) atoms. The molecule has 0 bridgehead atoms. The van der Waals surface area contributed by atoms with Crippen molar-refractivity contribution in [3.8, 4) is 22.3 Å². The first-order chi connectivity index (χ1) is 24.8. The minimum Gasteiger partial charge on any atom is -0.455 e. The Kier molecular flexibility index (Phi) is 5.00. The van der Waals surface area contributed by atoms with Gasteiger partial charge in [0.25, 0.3) is 0 Å². The fourth-order valence-corrected chi connectivity index (χ4v) is 8.75. The maximum absolute atomic E-state index is 6.98. The zero-order valence-corrected chi connectivity index (χ0v) is 26.8. The average Bonchev–Trinajstić information content (AvgIpc) is 3.75. The zero-order valence-electron chi connectivity index (χ0n) is 26.8. The molecule has 2 heteroatoms. The Labute approximate surface area is 285 Å². The molecule has 10 aromatic carbocycles. The van der Waals surface area contributed by atoms with E-state index in [1.165, 1.54) is 59.6 Å². The van der Waals surface area contributed by atoms with Gasteiger partial charge < -0.3 is 8.83 Å². The predicted molar refractivity (Wildman–Crippen MR) is 211 cm³/mol. The van der Waals surface area contributed by atoms with Crippen molar-refractivity contribution in [2.24, 2.45) is 0 Å². The van der Waals surface area contributed by atoms with Gasteiger partial charge in [0.15, 0.2) is 0 Å². The molecule has 0 spiro atoms. The predicted octanol–water partition coefficient (Wildman–Crippen LogP) is 14.0. The Morgan fingerprint density at radius 2 is 0.860 bits per heavy atom. The zero-order chi connectivity index (χ0) is 32.5. The molecule has 0 atom stereocenters. The molecule has 2 nitrogen and oxygen atoms in total. The lowest BCUT2D eigenvalue weighted by molar-refractivity contribution is 0.665. The molecule has 0 saturated carbocycles. The number of rotatable bonds is 2. The Hall–Kier alpha value is -6.64. The van der Waals surface area contributed by atoms with Crippen LogP contribution in [0.25, 0.3) is 120 Å². The summed E-state index contributed by atoms with van der Waals surface area (Å²) in [6.45, 7) is 0. The second kappa shape index (κ2) is 9.49. The van der Waals surface area contributed by atoms with E-state index in [1.807, 2.05) is 0 Å². The first-order valence-electron chi connectivity index (χ1n) is 17.2. The van der Waals surface area contributed by atoms with Gasteiger partial charge in [-0.15, -0.1) is 0 Å². The molecule has 0 aliphatic rings. The van der Waals surface area contributed by atoms with Gasteiger partial charge in [0.2, 0.25) is 0 Å². The highest BCUT2D eigenvalue weighted by molar-refractivity contribution is 6.28. The molecule has 2 aromatic heterocycles. The molecule has 0 fully saturated rings. The number of para-hydroxylation sites is 1. The molecule has 0 unspecified atom stereocenters. The summed E-state index contributed by atoms with van der Waals surface area (Å²) in [5.41, 5.74) is 7.94. The van der Waals surface area contributed by atoms with Gasteiger partial charge in [-0.1, -0.05) is 133 Å². The van der Waals surface area contributed by atoms with Gasteiger partial charge in [0, 0.05) is 32.7 Å². The van der Waals surface area contributed by atoms with Crippen molar-refractivity contribution in [1.29, 1.82) is 0 Å². The molecule has 0 radical (unpaired) electrons. The van der Waals surface area contributed by atoms with Gasteiger partial charge in [-0.3, -0.25) is 0 Å². The lowest BCUT2D eigenvalue weighted by atomic mass is 9.87. The van der Waals surface area contributed by atoms with Gasteiger partial charge in [-0.2, -0.15) is 0 Å². The minimum absolute atomic E-state index is 0.872. The highest BCUT2D eigenvalue weighted by atomic mass is 16.3. The molecular formula is C48H26O2. The van der Waals surface area contributed by atoms with Crippen LogP contribution in [0.1, 0.15) is 0 Å². The fraction of sp³-hybridized carbons (Fsp3) is 0. The monoisotopic (exact) mass is 634 g/mol. The summed E-state index contributed by atoms with van der Waals surface area (Å²) >= 11 is 0. The maximum atomic E-state index is 6.98. The second-order valence-corrected chi connectivity index (χ2v) is 13.6. The van der Waals surface area contributed by atoms with Crippen molar-refractivity contribution < 1.29 is 8.83 Å². The van der Waals surface area contributed by atoms with E-state index < -0.39 is 0 Å². The summed E-state index contributed by atoms with van der Waals surface area (Å²) in [5, 5.41) is 16.9. The quantitative estimate of drug-likeness (QED) is 0.177. The second-order valence-electron chi connectivity index (χ2n) is 13.6. The number of benzene rings is 10. The third-order valence-electron chi connectivity index (χ3n) is 11.0. The first kappa shape index (κ1) is 26.3.